The molecular weight excluding hydrogens is 342 g/mol. The predicted molar refractivity (Wildman–Crippen MR) is 95.4 cm³/mol. The molecule has 7 nitrogen and oxygen atoms in total. The summed E-state index contributed by atoms with van der Waals surface area (Å²) < 4.78 is 32.0. The van der Waals surface area contributed by atoms with Crippen LogP contribution in [0.3, 0.4) is 0 Å². The average Bonchev–Trinajstić information content (AvgIpc) is 2.65. The monoisotopic (exact) mass is 369 g/mol. The van der Waals surface area contributed by atoms with Gasteiger partial charge in [0, 0.05) is 33.3 Å². The van der Waals surface area contributed by atoms with Crippen LogP contribution >= 0.6 is 0 Å². The third-order valence-electron chi connectivity index (χ3n) is 4.35. The van der Waals surface area contributed by atoms with Gasteiger partial charge in [-0.05, 0) is 30.5 Å². The molecule has 1 amide bonds. The van der Waals surface area contributed by atoms with Crippen molar-refractivity contribution in [3.05, 3.63) is 29.8 Å². The van der Waals surface area contributed by atoms with Gasteiger partial charge in [-0.25, -0.2) is 8.42 Å². The van der Waals surface area contributed by atoms with E-state index in [1.807, 2.05) is 0 Å². The quantitative estimate of drug-likeness (QED) is 0.707. The first kappa shape index (κ1) is 19.8. The number of rotatable bonds is 8. The van der Waals surface area contributed by atoms with Crippen molar-refractivity contribution >= 4 is 15.9 Å². The van der Waals surface area contributed by atoms with Gasteiger partial charge in [0.1, 0.15) is 0 Å². The number of ether oxygens (including phenoxy) is 1. The van der Waals surface area contributed by atoms with Crippen LogP contribution in [0.2, 0.25) is 0 Å². The molecule has 1 heterocycles. The Morgan fingerprint density at radius 3 is 2.68 bits per heavy atom. The van der Waals surface area contributed by atoms with E-state index >= 15 is 0 Å². The van der Waals surface area contributed by atoms with Gasteiger partial charge in [-0.1, -0.05) is 18.6 Å². The molecule has 0 spiro atoms. The highest BCUT2D eigenvalue weighted by atomic mass is 32.2. The Morgan fingerprint density at radius 2 is 2.04 bits per heavy atom. The van der Waals surface area contributed by atoms with E-state index in [9.17, 15) is 13.2 Å². The summed E-state index contributed by atoms with van der Waals surface area (Å²) in [7, 11) is -1.95. The fourth-order valence-electron chi connectivity index (χ4n) is 2.81. The van der Waals surface area contributed by atoms with E-state index < -0.39 is 10.0 Å². The summed E-state index contributed by atoms with van der Waals surface area (Å²) in [5.74, 6) is -0.179. The van der Waals surface area contributed by atoms with E-state index in [0.717, 1.165) is 24.8 Å². The van der Waals surface area contributed by atoms with Crippen molar-refractivity contribution in [1.29, 1.82) is 0 Å². The van der Waals surface area contributed by atoms with Crippen LogP contribution in [0.25, 0.3) is 0 Å². The van der Waals surface area contributed by atoms with Crippen molar-refractivity contribution in [2.45, 2.75) is 43.2 Å². The zero-order chi connectivity index (χ0) is 18.3. The number of nitrogens with zero attached hydrogens (tertiary/aromatic N) is 1. The van der Waals surface area contributed by atoms with Crippen LogP contribution < -0.4 is 11.1 Å². The molecule has 0 aromatic heterocycles. The van der Waals surface area contributed by atoms with Gasteiger partial charge < -0.3 is 15.8 Å². The minimum absolute atomic E-state index is 0.179. The summed E-state index contributed by atoms with van der Waals surface area (Å²) in [6.07, 6.45) is 2.74. The topological polar surface area (TPSA) is 102 Å². The molecule has 1 aliphatic rings. The lowest BCUT2D eigenvalue weighted by Crippen LogP contribution is -2.35. The van der Waals surface area contributed by atoms with Gasteiger partial charge in [0.15, 0.2) is 0 Å². The summed E-state index contributed by atoms with van der Waals surface area (Å²) in [5, 5.41) is 2.77. The number of sulfonamides is 1. The summed E-state index contributed by atoms with van der Waals surface area (Å²) in [5.41, 5.74) is 6.24. The summed E-state index contributed by atoms with van der Waals surface area (Å²) in [6, 6.07) is 6.73. The maximum Gasteiger partial charge on any atom is 0.243 e. The number of nitrogens with one attached hydrogen (secondary N) is 1. The SMILES string of the molecule is COC(CN)CC(=O)NCc1cccc(S(=O)(=O)N2CCCCC2)c1. The van der Waals surface area contributed by atoms with Crippen LogP contribution in [0.5, 0.6) is 0 Å². The van der Waals surface area contributed by atoms with Crippen molar-refractivity contribution in [2.24, 2.45) is 5.73 Å². The number of hydrogen-bond donors (Lipinski definition) is 2. The first-order valence-corrected chi connectivity index (χ1v) is 10.00. The molecule has 8 heteroatoms. The lowest BCUT2D eigenvalue weighted by Gasteiger charge is -2.26. The van der Waals surface area contributed by atoms with E-state index in [1.165, 1.54) is 7.11 Å². The molecule has 1 aliphatic heterocycles. The van der Waals surface area contributed by atoms with Gasteiger partial charge in [0.25, 0.3) is 0 Å². The lowest BCUT2D eigenvalue weighted by atomic mass is 10.2. The van der Waals surface area contributed by atoms with Crippen LogP contribution in [-0.4, -0.2) is 51.5 Å². The number of hydrogen-bond acceptors (Lipinski definition) is 5. The predicted octanol–water partition coefficient (Wildman–Crippen LogP) is 0.841. The van der Waals surface area contributed by atoms with E-state index in [-0.39, 0.29) is 36.4 Å². The number of amides is 1. The number of methoxy groups -OCH3 is 1. The van der Waals surface area contributed by atoms with Crippen LogP contribution in [0.4, 0.5) is 0 Å². The van der Waals surface area contributed by atoms with Gasteiger partial charge in [-0.2, -0.15) is 4.31 Å². The molecule has 1 unspecified atom stereocenters. The van der Waals surface area contributed by atoms with Crippen LogP contribution in [0, 0.1) is 0 Å². The largest absolute Gasteiger partial charge is 0.380 e. The van der Waals surface area contributed by atoms with Crippen molar-refractivity contribution < 1.29 is 17.9 Å². The van der Waals surface area contributed by atoms with E-state index in [0.29, 0.717) is 13.1 Å². The average molecular weight is 369 g/mol. The third kappa shape index (κ3) is 5.50. The molecule has 0 bridgehead atoms. The second-order valence-electron chi connectivity index (χ2n) is 6.19. The molecule has 140 valence electrons. The first-order chi connectivity index (χ1) is 12.0. The summed E-state index contributed by atoms with van der Waals surface area (Å²) in [6.45, 7) is 1.68. The highest BCUT2D eigenvalue weighted by Gasteiger charge is 2.25. The molecule has 1 atom stereocenters. The Balaban J connectivity index is 2.00. The molecule has 0 saturated carbocycles. The number of nitrogens with two attached hydrogens (primary N) is 1. The molecule has 0 radical (unpaired) electrons. The van der Waals surface area contributed by atoms with E-state index in [4.69, 9.17) is 10.5 Å². The number of carbonyl (C=O) groups excluding carboxylic acids is 1. The molecular formula is C17H27N3O4S. The van der Waals surface area contributed by atoms with Crippen molar-refractivity contribution in [3.63, 3.8) is 0 Å². The third-order valence-corrected chi connectivity index (χ3v) is 6.24. The Hall–Kier alpha value is -1.48. The molecule has 1 aromatic carbocycles. The van der Waals surface area contributed by atoms with Gasteiger partial charge in [-0.3, -0.25) is 4.79 Å². The minimum atomic E-state index is -3.47. The number of benzene rings is 1. The lowest BCUT2D eigenvalue weighted by molar-refractivity contribution is -0.123. The van der Waals surface area contributed by atoms with Gasteiger partial charge >= 0.3 is 0 Å². The Bertz CT molecular complexity index is 668. The van der Waals surface area contributed by atoms with Crippen LogP contribution in [-0.2, 0) is 26.1 Å². The highest BCUT2D eigenvalue weighted by Crippen LogP contribution is 2.21. The Labute approximate surface area is 149 Å². The second kappa shape index (κ2) is 9.28. The smallest absolute Gasteiger partial charge is 0.243 e. The zero-order valence-electron chi connectivity index (χ0n) is 14.6. The molecule has 3 N–H and O–H groups in total. The van der Waals surface area contributed by atoms with Crippen molar-refractivity contribution in [3.8, 4) is 0 Å². The standard InChI is InChI=1S/C17H27N3O4S/c1-24-15(12-18)11-17(21)19-13-14-6-5-7-16(10-14)25(22,23)20-8-3-2-4-9-20/h5-7,10,15H,2-4,8-9,11-13,18H2,1H3,(H,19,21). The Kier molecular flexibility index (Phi) is 7.37. The molecule has 1 saturated heterocycles. The summed E-state index contributed by atoms with van der Waals surface area (Å²) >= 11 is 0. The highest BCUT2D eigenvalue weighted by molar-refractivity contribution is 7.89. The molecule has 1 fully saturated rings. The normalized spacial score (nSPS) is 17.2. The number of carbonyl (C=O) groups is 1. The molecule has 1 aromatic rings. The summed E-state index contributed by atoms with van der Waals surface area (Å²) in [4.78, 5) is 12.2. The minimum Gasteiger partial charge on any atom is -0.380 e. The van der Waals surface area contributed by atoms with Crippen LogP contribution in [0.15, 0.2) is 29.2 Å². The van der Waals surface area contributed by atoms with Crippen molar-refractivity contribution in [1.82, 2.24) is 9.62 Å². The Morgan fingerprint density at radius 1 is 1.32 bits per heavy atom. The van der Waals surface area contributed by atoms with E-state index in [1.54, 1.807) is 28.6 Å². The zero-order valence-corrected chi connectivity index (χ0v) is 15.4. The number of piperidine rings is 1. The fraction of sp³-hybridized carbons (Fsp3) is 0.588. The maximum atomic E-state index is 12.7. The van der Waals surface area contributed by atoms with Crippen molar-refractivity contribution in [2.75, 3.05) is 26.7 Å². The van der Waals surface area contributed by atoms with Gasteiger partial charge in [0.2, 0.25) is 15.9 Å². The van der Waals surface area contributed by atoms with Crippen LogP contribution in [0.1, 0.15) is 31.2 Å². The van der Waals surface area contributed by atoms with E-state index in [2.05, 4.69) is 5.32 Å². The second-order valence-corrected chi connectivity index (χ2v) is 8.12. The maximum absolute atomic E-state index is 12.7. The molecule has 2 rings (SSSR count). The van der Waals surface area contributed by atoms with Gasteiger partial charge in [0.05, 0.1) is 17.4 Å². The molecule has 25 heavy (non-hydrogen) atoms. The molecule has 0 aliphatic carbocycles. The first-order valence-electron chi connectivity index (χ1n) is 8.56. The fourth-order valence-corrected chi connectivity index (χ4v) is 4.40. The van der Waals surface area contributed by atoms with Gasteiger partial charge in [-0.15, -0.1) is 0 Å².